The van der Waals surface area contributed by atoms with Crippen molar-refractivity contribution in [1.82, 2.24) is 4.31 Å². The number of rotatable bonds is 3. The monoisotopic (exact) mass is 344 g/mol. The lowest BCUT2D eigenvalue weighted by molar-refractivity contribution is 0.459. The van der Waals surface area contributed by atoms with Crippen LogP contribution >= 0.6 is 35.6 Å². The van der Waals surface area contributed by atoms with E-state index in [1.54, 1.807) is 6.07 Å². The molecule has 1 heterocycles. The van der Waals surface area contributed by atoms with E-state index in [1.165, 1.54) is 16.4 Å². The topological polar surface area (TPSA) is 63.4 Å². The van der Waals surface area contributed by atoms with Gasteiger partial charge in [-0.3, -0.25) is 0 Å². The summed E-state index contributed by atoms with van der Waals surface area (Å²) in [6.45, 7) is 1.38. The Morgan fingerprint density at radius 2 is 1.89 bits per heavy atom. The summed E-state index contributed by atoms with van der Waals surface area (Å²) in [7, 11) is -3.63. The van der Waals surface area contributed by atoms with Crippen molar-refractivity contribution in [3.8, 4) is 0 Å². The summed E-state index contributed by atoms with van der Waals surface area (Å²) in [6, 6.07) is 4.67. The zero-order valence-corrected chi connectivity index (χ0v) is 13.2. The maximum absolute atomic E-state index is 12.5. The number of benzene rings is 1. The van der Waals surface area contributed by atoms with Crippen molar-refractivity contribution in [1.29, 1.82) is 0 Å². The molecule has 1 atom stereocenters. The van der Waals surface area contributed by atoms with Gasteiger partial charge in [0.2, 0.25) is 10.0 Å². The average molecular weight is 346 g/mol. The van der Waals surface area contributed by atoms with Crippen molar-refractivity contribution in [2.75, 3.05) is 19.6 Å². The predicted octanol–water partition coefficient (Wildman–Crippen LogP) is 2.38. The maximum atomic E-state index is 12.5. The molecular formula is C11H15Cl3N2O2S. The molecule has 0 radical (unpaired) electrons. The van der Waals surface area contributed by atoms with Crippen LogP contribution in [0.1, 0.15) is 6.42 Å². The van der Waals surface area contributed by atoms with E-state index >= 15 is 0 Å². The second kappa shape index (κ2) is 6.61. The van der Waals surface area contributed by atoms with Crippen molar-refractivity contribution in [3.05, 3.63) is 28.2 Å². The molecule has 0 amide bonds. The lowest BCUT2D eigenvalue weighted by atomic mass is 10.1. The quantitative estimate of drug-likeness (QED) is 0.915. The number of halogens is 3. The van der Waals surface area contributed by atoms with Crippen LogP contribution in [0.5, 0.6) is 0 Å². The zero-order chi connectivity index (χ0) is 13.3. The van der Waals surface area contributed by atoms with E-state index in [4.69, 9.17) is 28.9 Å². The zero-order valence-electron chi connectivity index (χ0n) is 10.1. The summed E-state index contributed by atoms with van der Waals surface area (Å²) < 4.78 is 26.3. The normalized spacial score (nSPS) is 20.3. The first-order valence-corrected chi connectivity index (χ1v) is 7.80. The lowest BCUT2D eigenvalue weighted by Crippen LogP contribution is -2.30. The fraction of sp³-hybridized carbons (Fsp3) is 0.455. The molecule has 2 rings (SSSR count). The van der Waals surface area contributed by atoms with Gasteiger partial charge in [0.05, 0.1) is 10.0 Å². The minimum Gasteiger partial charge on any atom is -0.330 e. The Bertz CT molecular complexity index is 531. The predicted molar refractivity (Wildman–Crippen MR) is 79.6 cm³/mol. The smallest absolute Gasteiger partial charge is 0.246 e. The summed E-state index contributed by atoms with van der Waals surface area (Å²) in [5.41, 5.74) is 5.56. The van der Waals surface area contributed by atoms with Gasteiger partial charge in [0.25, 0.3) is 0 Å². The summed E-state index contributed by atoms with van der Waals surface area (Å²) in [4.78, 5) is -0.00833. The van der Waals surface area contributed by atoms with Crippen LogP contribution in [0.3, 0.4) is 0 Å². The summed E-state index contributed by atoms with van der Waals surface area (Å²) in [5, 5.41) is 0.303. The van der Waals surface area contributed by atoms with E-state index in [0.29, 0.717) is 19.6 Å². The van der Waals surface area contributed by atoms with Gasteiger partial charge in [0.1, 0.15) is 4.90 Å². The molecule has 0 aromatic heterocycles. The van der Waals surface area contributed by atoms with E-state index < -0.39 is 10.0 Å². The molecule has 19 heavy (non-hydrogen) atoms. The maximum Gasteiger partial charge on any atom is 0.246 e. The molecule has 2 N–H and O–H groups in total. The Labute approximate surface area is 129 Å². The highest BCUT2D eigenvalue weighted by atomic mass is 35.5. The van der Waals surface area contributed by atoms with Gasteiger partial charge < -0.3 is 5.73 Å². The van der Waals surface area contributed by atoms with Crippen molar-refractivity contribution in [2.45, 2.75) is 11.3 Å². The van der Waals surface area contributed by atoms with Gasteiger partial charge >= 0.3 is 0 Å². The number of sulfonamides is 1. The number of nitrogens with zero attached hydrogens (tertiary/aromatic N) is 1. The lowest BCUT2D eigenvalue weighted by Gasteiger charge is -2.18. The van der Waals surface area contributed by atoms with Crippen LogP contribution in [0.2, 0.25) is 10.0 Å². The van der Waals surface area contributed by atoms with Crippen molar-refractivity contribution < 1.29 is 8.42 Å². The van der Waals surface area contributed by atoms with Crippen molar-refractivity contribution >= 4 is 45.6 Å². The summed E-state index contributed by atoms with van der Waals surface area (Å²) in [6.07, 6.45) is 0.776. The van der Waals surface area contributed by atoms with E-state index in [1.807, 2.05) is 0 Å². The molecule has 1 aromatic rings. The van der Waals surface area contributed by atoms with Crippen LogP contribution in [-0.4, -0.2) is 32.4 Å². The molecular weight excluding hydrogens is 331 g/mol. The highest BCUT2D eigenvalue weighted by Gasteiger charge is 2.34. The number of hydrogen-bond donors (Lipinski definition) is 1. The van der Waals surface area contributed by atoms with E-state index in [-0.39, 0.29) is 33.3 Å². The molecule has 1 aromatic carbocycles. The number of nitrogens with two attached hydrogens (primary N) is 1. The molecule has 0 bridgehead atoms. The molecule has 0 aliphatic carbocycles. The van der Waals surface area contributed by atoms with E-state index in [0.717, 1.165) is 6.42 Å². The summed E-state index contributed by atoms with van der Waals surface area (Å²) >= 11 is 11.9. The molecule has 4 nitrogen and oxygen atoms in total. The molecule has 1 saturated heterocycles. The second-order valence-corrected chi connectivity index (χ2v) is 6.99. The molecule has 1 aliphatic rings. The Morgan fingerprint density at radius 1 is 1.32 bits per heavy atom. The first-order valence-electron chi connectivity index (χ1n) is 5.61. The first kappa shape index (κ1) is 17.0. The van der Waals surface area contributed by atoms with Crippen LogP contribution in [0.25, 0.3) is 0 Å². The van der Waals surface area contributed by atoms with E-state index in [2.05, 4.69) is 0 Å². The first-order chi connectivity index (χ1) is 8.46. The van der Waals surface area contributed by atoms with Crippen molar-refractivity contribution in [3.63, 3.8) is 0 Å². The Hall–Kier alpha value is -0.0400. The highest BCUT2D eigenvalue weighted by molar-refractivity contribution is 7.89. The molecule has 1 unspecified atom stereocenters. The van der Waals surface area contributed by atoms with Gasteiger partial charge in [-0.1, -0.05) is 29.3 Å². The molecule has 108 valence electrons. The summed E-state index contributed by atoms with van der Waals surface area (Å²) in [5.74, 6) is 0.209. The fourth-order valence-corrected chi connectivity index (χ4v) is 4.69. The Morgan fingerprint density at radius 3 is 2.37 bits per heavy atom. The SMILES string of the molecule is Cl.NCC1CCN(S(=O)(=O)c2c(Cl)cccc2Cl)C1. The molecule has 1 aliphatic heterocycles. The third-order valence-corrected chi connectivity index (χ3v) is 5.92. The third kappa shape index (κ3) is 3.35. The van der Waals surface area contributed by atoms with Crippen LogP contribution < -0.4 is 5.73 Å². The van der Waals surface area contributed by atoms with Crippen LogP contribution in [0, 0.1) is 5.92 Å². The van der Waals surface area contributed by atoms with Gasteiger partial charge in [-0.15, -0.1) is 12.4 Å². The highest BCUT2D eigenvalue weighted by Crippen LogP contribution is 2.33. The molecule has 0 saturated carbocycles. The molecule has 0 spiro atoms. The van der Waals surface area contributed by atoms with E-state index in [9.17, 15) is 8.42 Å². The number of hydrogen-bond acceptors (Lipinski definition) is 3. The van der Waals surface area contributed by atoms with Crippen LogP contribution in [0.15, 0.2) is 23.1 Å². The second-order valence-electron chi connectivity index (χ2n) is 4.30. The van der Waals surface area contributed by atoms with Crippen LogP contribution in [0.4, 0.5) is 0 Å². The van der Waals surface area contributed by atoms with Crippen LogP contribution in [-0.2, 0) is 10.0 Å². The Kier molecular flexibility index (Phi) is 5.92. The van der Waals surface area contributed by atoms with Gasteiger partial charge in [-0.2, -0.15) is 4.31 Å². The van der Waals surface area contributed by atoms with Gasteiger partial charge in [-0.05, 0) is 31.0 Å². The molecule has 1 fully saturated rings. The Balaban J connectivity index is 0.00000180. The van der Waals surface area contributed by atoms with Crippen molar-refractivity contribution in [2.24, 2.45) is 11.7 Å². The average Bonchev–Trinajstić information content (AvgIpc) is 2.77. The van der Waals surface area contributed by atoms with Gasteiger partial charge in [0, 0.05) is 13.1 Å². The standard InChI is InChI=1S/C11H14Cl2N2O2S.ClH/c12-9-2-1-3-10(13)11(9)18(16,17)15-5-4-8(6-14)7-15;/h1-3,8H,4-7,14H2;1H. The molecule has 8 heteroatoms. The largest absolute Gasteiger partial charge is 0.330 e. The fourth-order valence-electron chi connectivity index (χ4n) is 2.07. The van der Waals surface area contributed by atoms with Gasteiger partial charge in [0.15, 0.2) is 0 Å². The third-order valence-electron chi connectivity index (χ3n) is 3.10. The minimum atomic E-state index is -3.63. The minimum absolute atomic E-state index is 0. The van der Waals surface area contributed by atoms with Gasteiger partial charge in [-0.25, -0.2) is 8.42 Å².